The number of aromatic nitrogens is 3. The van der Waals surface area contributed by atoms with Gasteiger partial charge in [-0.3, -0.25) is 9.36 Å². The molecule has 146 valence electrons. The highest BCUT2D eigenvalue weighted by molar-refractivity contribution is 8.00. The van der Waals surface area contributed by atoms with E-state index in [9.17, 15) is 4.79 Å². The van der Waals surface area contributed by atoms with Gasteiger partial charge in [-0.1, -0.05) is 65.8 Å². The van der Waals surface area contributed by atoms with E-state index in [1.54, 1.807) is 6.33 Å². The van der Waals surface area contributed by atoms with Crippen molar-refractivity contribution in [2.75, 3.05) is 5.32 Å². The molecule has 0 bridgehead atoms. The molecule has 0 saturated heterocycles. The van der Waals surface area contributed by atoms with Gasteiger partial charge < -0.3 is 5.32 Å². The van der Waals surface area contributed by atoms with Crippen molar-refractivity contribution >= 4 is 45.7 Å². The lowest BCUT2D eigenvalue weighted by Gasteiger charge is -2.14. The lowest BCUT2D eigenvalue weighted by Crippen LogP contribution is -2.23. The number of hydrogen-bond acceptors (Lipinski definition) is 4. The number of benzene rings is 3. The van der Waals surface area contributed by atoms with E-state index in [4.69, 9.17) is 11.6 Å². The molecule has 1 atom stereocenters. The molecule has 0 radical (unpaired) electrons. The standard InChI is InChI=1S/C22H19ClN4OS/c1-14-10-11-17(12-19(14)23)27-13-24-26-22(27)29-15(2)21(28)25-20-9-5-7-16-6-3-4-8-18(16)20/h3-13,15H,1-2H3,(H,25,28). The average molecular weight is 423 g/mol. The van der Waals surface area contributed by atoms with Crippen molar-refractivity contribution in [1.82, 2.24) is 14.8 Å². The molecular weight excluding hydrogens is 404 g/mol. The summed E-state index contributed by atoms with van der Waals surface area (Å²) in [5.41, 5.74) is 2.66. The van der Waals surface area contributed by atoms with E-state index in [1.807, 2.05) is 79.1 Å². The van der Waals surface area contributed by atoms with Crippen LogP contribution in [-0.2, 0) is 4.79 Å². The maximum atomic E-state index is 12.8. The second-order valence-corrected chi connectivity index (χ2v) is 8.41. The Hall–Kier alpha value is -2.83. The Balaban J connectivity index is 1.52. The average Bonchev–Trinajstić information content (AvgIpc) is 3.18. The number of nitrogens with zero attached hydrogens (tertiary/aromatic N) is 3. The Morgan fingerprint density at radius 1 is 1.14 bits per heavy atom. The first-order valence-electron chi connectivity index (χ1n) is 9.15. The molecule has 0 aliphatic carbocycles. The molecule has 5 nitrogen and oxygen atoms in total. The molecule has 3 aromatic carbocycles. The summed E-state index contributed by atoms with van der Waals surface area (Å²) in [6, 6.07) is 19.6. The van der Waals surface area contributed by atoms with Gasteiger partial charge in [0.05, 0.1) is 10.9 Å². The molecule has 29 heavy (non-hydrogen) atoms. The third kappa shape index (κ3) is 4.13. The van der Waals surface area contributed by atoms with Gasteiger partial charge in [-0.25, -0.2) is 0 Å². The summed E-state index contributed by atoms with van der Waals surface area (Å²) in [5.74, 6) is -0.0946. The molecule has 1 unspecified atom stereocenters. The first-order chi connectivity index (χ1) is 14.0. The number of fused-ring (bicyclic) bond motifs is 1. The molecule has 0 aliphatic heterocycles. The summed E-state index contributed by atoms with van der Waals surface area (Å²) in [7, 11) is 0. The number of aryl methyl sites for hydroxylation is 1. The van der Waals surface area contributed by atoms with Crippen LogP contribution in [0.5, 0.6) is 0 Å². The third-order valence-corrected chi connectivity index (χ3v) is 6.11. The fourth-order valence-corrected chi connectivity index (χ4v) is 4.01. The predicted octanol–water partition coefficient (Wildman–Crippen LogP) is 5.50. The van der Waals surface area contributed by atoms with Crippen molar-refractivity contribution < 1.29 is 4.79 Å². The van der Waals surface area contributed by atoms with E-state index in [0.29, 0.717) is 10.2 Å². The van der Waals surface area contributed by atoms with Crippen LogP contribution in [0.1, 0.15) is 12.5 Å². The van der Waals surface area contributed by atoms with Gasteiger partial charge in [0.25, 0.3) is 0 Å². The summed E-state index contributed by atoms with van der Waals surface area (Å²) in [6.45, 7) is 3.81. The number of hydrogen-bond donors (Lipinski definition) is 1. The largest absolute Gasteiger partial charge is 0.325 e. The number of rotatable bonds is 5. The van der Waals surface area contributed by atoms with Crippen LogP contribution in [0, 0.1) is 6.92 Å². The fraction of sp³-hybridized carbons (Fsp3) is 0.136. The van der Waals surface area contributed by atoms with Crippen molar-refractivity contribution in [2.45, 2.75) is 24.3 Å². The molecule has 1 aromatic heterocycles. The Kier molecular flexibility index (Phi) is 5.56. The van der Waals surface area contributed by atoms with Crippen LogP contribution < -0.4 is 5.32 Å². The molecule has 0 saturated carbocycles. The van der Waals surface area contributed by atoms with Crippen LogP contribution in [0.4, 0.5) is 5.69 Å². The van der Waals surface area contributed by atoms with Crippen LogP contribution in [0.15, 0.2) is 72.1 Å². The Labute approximate surface area is 178 Å². The number of carbonyl (C=O) groups excluding carboxylic acids is 1. The second kappa shape index (κ2) is 8.27. The zero-order valence-electron chi connectivity index (χ0n) is 16.0. The number of halogens is 1. The lowest BCUT2D eigenvalue weighted by atomic mass is 10.1. The van der Waals surface area contributed by atoms with E-state index in [2.05, 4.69) is 15.5 Å². The van der Waals surface area contributed by atoms with Crippen molar-refractivity contribution in [1.29, 1.82) is 0 Å². The quantitative estimate of drug-likeness (QED) is 0.431. The Morgan fingerprint density at radius 2 is 1.93 bits per heavy atom. The van der Waals surface area contributed by atoms with Crippen molar-refractivity contribution in [3.8, 4) is 5.69 Å². The molecule has 1 heterocycles. The molecule has 0 aliphatic rings. The number of thioether (sulfide) groups is 1. The van der Waals surface area contributed by atoms with Gasteiger partial charge in [-0.05, 0) is 43.0 Å². The molecular formula is C22H19ClN4OS. The Morgan fingerprint density at radius 3 is 2.76 bits per heavy atom. The smallest absolute Gasteiger partial charge is 0.237 e. The fourth-order valence-electron chi connectivity index (χ4n) is 2.99. The van der Waals surface area contributed by atoms with Gasteiger partial charge in [0.15, 0.2) is 5.16 Å². The molecule has 1 N–H and O–H groups in total. The number of nitrogens with one attached hydrogen (secondary N) is 1. The molecule has 4 rings (SSSR count). The van der Waals surface area contributed by atoms with Gasteiger partial charge in [0.1, 0.15) is 6.33 Å². The van der Waals surface area contributed by atoms with E-state index >= 15 is 0 Å². The van der Waals surface area contributed by atoms with E-state index < -0.39 is 0 Å². The first kappa shape index (κ1) is 19.5. The van der Waals surface area contributed by atoms with Crippen LogP contribution in [0.2, 0.25) is 5.02 Å². The van der Waals surface area contributed by atoms with E-state index in [0.717, 1.165) is 27.7 Å². The predicted molar refractivity (Wildman–Crippen MR) is 119 cm³/mol. The summed E-state index contributed by atoms with van der Waals surface area (Å²) < 4.78 is 1.83. The maximum absolute atomic E-state index is 12.8. The Bertz CT molecular complexity index is 1190. The highest BCUT2D eigenvalue weighted by Gasteiger charge is 2.19. The molecule has 4 aromatic rings. The summed E-state index contributed by atoms with van der Waals surface area (Å²) >= 11 is 7.60. The lowest BCUT2D eigenvalue weighted by molar-refractivity contribution is -0.115. The van der Waals surface area contributed by atoms with Crippen molar-refractivity contribution in [3.05, 3.63) is 77.6 Å². The highest BCUT2D eigenvalue weighted by Crippen LogP contribution is 2.28. The van der Waals surface area contributed by atoms with Crippen molar-refractivity contribution in [2.24, 2.45) is 0 Å². The van der Waals surface area contributed by atoms with E-state index in [1.165, 1.54) is 11.8 Å². The number of anilines is 1. The van der Waals surface area contributed by atoms with Gasteiger partial charge in [0.2, 0.25) is 5.91 Å². The number of carbonyl (C=O) groups is 1. The second-order valence-electron chi connectivity index (χ2n) is 6.69. The monoisotopic (exact) mass is 422 g/mol. The minimum Gasteiger partial charge on any atom is -0.325 e. The van der Waals surface area contributed by atoms with Crippen LogP contribution in [-0.4, -0.2) is 25.9 Å². The first-order valence-corrected chi connectivity index (χ1v) is 10.4. The SMILES string of the molecule is Cc1ccc(-n2cnnc2SC(C)C(=O)Nc2cccc3ccccc23)cc1Cl. The molecule has 7 heteroatoms. The summed E-state index contributed by atoms with van der Waals surface area (Å²) in [5, 5.41) is 14.3. The maximum Gasteiger partial charge on any atom is 0.237 e. The van der Waals surface area contributed by atoms with Gasteiger partial charge >= 0.3 is 0 Å². The zero-order valence-corrected chi connectivity index (χ0v) is 17.5. The minimum absolute atomic E-state index is 0.0946. The van der Waals surface area contributed by atoms with Crippen LogP contribution in [0.3, 0.4) is 0 Å². The van der Waals surface area contributed by atoms with Crippen molar-refractivity contribution in [3.63, 3.8) is 0 Å². The minimum atomic E-state index is -0.363. The van der Waals surface area contributed by atoms with Gasteiger partial charge in [-0.2, -0.15) is 0 Å². The number of amides is 1. The van der Waals surface area contributed by atoms with Crippen LogP contribution >= 0.6 is 23.4 Å². The normalized spacial score (nSPS) is 12.1. The summed E-state index contributed by atoms with van der Waals surface area (Å²) in [4.78, 5) is 12.8. The molecule has 0 spiro atoms. The van der Waals surface area contributed by atoms with Gasteiger partial charge in [-0.15, -0.1) is 10.2 Å². The van der Waals surface area contributed by atoms with Crippen LogP contribution in [0.25, 0.3) is 16.5 Å². The highest BCUT2D eigenvalue weighted by atomic mass is 35.5. The molecule has 0 fully saturated rings. The third-order valence-electron chi connectivity index (χ3n) is 4.65. The van der Waals surface area contributed by atoms with Gasteiger partial charge in [0, 0.05) is 16.1 Å². The van der Waals surface area contributed by atoms with E-state index in [-0.39, 0.29) is 11.2 Å². The molecule has 1 amide bonds. The topological polar surface area (TPSA) is 59.8 Å². The summed E-state index contributed by atoms with van der Waals surface area (Å²) in [6.07, 6.45) is 1.62. The zero-order chi connectivity index (χ0) is 20.4.